The van der Waals surface area contributed by atoms with Gasteiger partial charge in [0.05, 0.1) is 12.2 Å². The molecule has 0 aromatic heterocycles. The van der Waals surface area contributed by atoms with Gasteiger partial charge in [-0.15, -0.1) is 0 Å². The molecule has 0 N–H and O–H groups in total. The van der Waals surface area contributed by atoms with Crippen LogP contribution in [0.15, 0.2) is 0 Å². The van der Waals surface area contributed by atoms with Crippen molar-refractivity contribution < 1.29 is 4.74 Å². The maximum absolute atomic E-state index is 6.29. The third kappa shape index (κ3) is 4.99. The van der Waals surface area contributed by atoms with Gasteiger partial charge >= 0.3 is 0 Å². The van der Waals surface area contributed by atoms with Crippen molar-refractivity contribution in [3.8, 4) is 0 Å². The molecular formula is C16H34O. The molecule has 1 aliphatic carbocycles. The normalized spacial score (nSPS) is 18.7. The summed E-state index contributed by atoms with van der Waals surface area (Å²) < 4.78 is 6.29. The summed E-state index contributed by atoms with van der Waals surface area (Å²) in [5, 5.41) is 0. The van der Waals surface area contributed by atoms with E-state index in [2.05, 4.69) is 27.7 Å². The second kappa shape index (κ2) is 8.13. The van der Waals surface area contributed by atoms with Crippen molar-refractivity contribution in [1.82, 2.24) is 0 Å². The van der Waals surface area contributed by atoms with Crippen LogP contribution in [0.2, 0.25) is 0 Å². The van der Waals surface area contributed by atoms with E-state index in [1.54, 1.807) is 0 Å². The van der Waals surface area contributed by atoms with Crippen molar-refractivity contribution in [1.29, 1.82) is 0 Å². The molecule has 1 aliphatic rings. The number of hydrogen-bond acceptors (Lipinski definition) is 1. The third-order valence-electron chi connectivity index (χ3n) is 4.59. The summed E-state index contributed by atoms with van der Waals surface area (Å²) in [5.41, 5.74) is 0.635. The van der Waals surface area contributed by atoms with Crippen LogP contribution in [0.5, 0.6) is 0 Å². The molecule has 1 saturated carbocycles. The van der Waals surface area contributed by atoms with E-state index in [0.717, 1.165) is 6.61 Å². The van der Waals surface area contributed by atoms with Gasteiger partial charge in [-0.05, 0) is 37.5 Å². The van der Waals surface area contributed by atoms with E-state index in [1.807, 2.05) is 13.8 Å². The molecule has 0 aromatic rings. The zero-order chi connectivity index (χ0) is 13.4. The highest BCUT2D eigenvalue weighted by atomic mass is 16.5. The molecule has 1 nitrogen and oxygen atoms in total. The Morgan fingerprint density at radius 3 is 1.82 bits per heavy atom. The van der Waals surface area contributed by atoms with Crippen LogP contribution in [0.1, 0.15) is 86.5 Å². The maximum atomic E-state index is 6.29. The summed E-state index contributed by atoms with van der Waals surface area (Å²) in [5.74, 6) is 0. The van der Waals surface area contributed by atoms with Crippen LogP contribution in [0.25, 0.3) is 0 Å². The van der Waals surface area contributed by atoms with Gasteiger partial charge in [0.25, 0.3) is 0 Å². The van der Waals surface area contributed by atoms with Gasteiger partial charge in [0.1, 0.15) is 0 Å². The third-order valence-corrected chi connectivity index (χ3v) is 4.59. The zero-order valence-electron chi connectivity index (χ0n) is 13.1. The van der Waals surface area contributed by atoms with E-state index >= 15 is 0 Å². The predicted octanol–water partition coefficient (Wildman–Crippen LogP) is 5.58. The lowest BCUT2D eigenvalue weighted by molar-refractivity contribution is -0.0810. The second-order valence-electron chi connectivity index (χ2n) is 5.55. The Morgan fingerprint density at radius 2 is 1.47 bits per heavy atom. The van der Waals surface area contributed by atoms with Crippen LogP contribution in [0.4, 0.5) is 0 Å². The molecule has 1 fully saturated rings. The molecule has 0 amide bonds. The van der Waals surface area contributed by atoms with E-state index in [4.69, 9.17) is 4.74 Å². The molecule has 0 spiro atoms. The highest BCUT2D eigenvalue weighted by molar-refractivity contribution is 4.86. The number of rotatable bonds is 6. The molecular weight excluding hydrogens is 208 g/mol. The SMILES string of the molecule is CC.CCC(C)(CC)COC1(CC)CCCC1. The van der Waals surface area contributed by atoms with Gasteiger partial charge in [-0.2, -0.15) is 0 Å². The largest absolute Gasteiger partial charge is 0.374 e. The van der Waals surface area contributed by atoms with E-state index in [9.17, 15) is 0 Å². The topological polar surface area (TPSA) is 9.23 Å². The minimum Gasteiger partial charge on any atom is -0.374 e. The summed E-state index contributed by atoms with van der Waals surface area (Å²) in [7, 11) is 0. The summed E-state index contributed by atoms with van der Waals surface area (Å²) in [6.45, 7) is 14.1. The van der Waals surface area contributed by atoms with Gasteiger partial charge in [-0.3, -0.25) is 0 Å². The first-order chi connectivity index (χ1) is 8.10. The van der Waals surface area contributed by atoms with Gasteiger partial charge in [-0.1, -0.05) is 54.4 Å². The molecule has 0 saturated heterocycles. The quantitative estimate of drug-likeness (QED) is 0.591. The average Bonchev–Trinajstić information content (AvgIpc) is 2.88. The molecule has 0 bridgehead atoms. The second-order valence-corrected chi connectivity index (χ2v) is 5.55. The van der Waals surface area contributed by atoms with Crippen molar-refractivity contribution in [2.24, 2.45) is 5.41 Å². The van der Waals surface area contributed by atoms with Gasteiger partial charge in [0, 0.05) is 0 Å². The monoisotopic (exact) mass is 242 g/mol. The van der Waals surface area contributed by atoms with E-state index < -0.39 is 0 Å². The Labute approximate surface area is 109 Å². The maximum Gasteiger partial charge on any atom is 0.0680 e. The van der Waals surface area contributed by atoms with Gasteiger partial charge in [0.2, 0.25) is 0 Å². The van der Waals surface area contributed by atoms with Crippen LogP contribution in [0, 0.1) is 5.41 Å². The highest BCUT2D eigenvalue weighted by Crippen LogP contribution is 2.38. The molecule has 17 heavy (non-hydrogen) atoms. The van der Waals surface area contributed by atoms with Crippen molar-refractivity contribution in [2.75, 3.05) is 6.61 Å². The summed E-state index contributed by atoms with van der Waals surface area (Å²) in [6.07, 6.45) is 8.94. The van der Waals surface area contributed by atoms with Gasteiger partial charge in [-0.25, -0.2) is 0 Å². The lowest BCUT2D eigenvalue weighted by Crippen LogP contribution is -2.33. The standard InChI is InChI=1S/C14H28O.C2H6/c1-5-13(4,6-2)12-15-14(7-3)10-8-9-11-14;1-2/h5-12H2,1-4H3;1-2H3. The molecule has 104 valence electrons. The molecule has 1 rings (SSSR count). The smallest absolute Gasteiger partial charge is 0.0680 e. The van der Waals surface area contributed by atoms with Crippen LogP contribution < -0.4 is 0 Å². The molecule has 0 aromatic carbocycles. The first-order valence-electron chi connectivity index (χ1n) is 7.74. The fourth-order valence-corrected chi connectivity index (χ4v) is 2.40. The number of hydrogen-bond donors (Lipinski definition) is 0. The van der Waals surface area contributed by atoms with Crippen molar-refractivity contribution in [3.05, 3.63) is 0 Å². The zero-order valence-corrected chi connectivity index (χ0v) is 13.1. The fraction of sp³-hybridized carbons (Fsp3) is 1.00. The van der Waals surface area contributed by atoms with Crippen molar-refractivity contribution in [2.45, 2.75) is 92.1 Å². The minimum absolute atomic E-state index is 0.242. The van der Waals surface area contributed by atoms with E-state index in [1.165, 1.54) is 44.9 Å². The lowest BCUT2D eigenvalue weighted by Gasteiger charge is -2.34. The molecule has 1 heteroatoms. The van der Waals surface area contributed by atoms with Crippen molar-refractivity contribution in [3.63, 3.8) is 0 Å². The first-order valence-corrected chi connectivity index (χ1v) is 7.74. The minimum atomic E-state index is 0.242. The molecule has 0 radical (unpaired) electrons. The summed E-state index contributed by atoms with van der Waals surface area (Å²) in [4.78, 5) is 0. The fourth-order valence-electron chi connectivity index (χ4n) is 2.40. The first kappa shape index (κ1) is 17.0. The van der Waals surface area contributed by atoms with E-state index in [-0.39, 0.29) is 5.60 Å². The summed E-state index contributed by atoms with van der Waals surface area (Å²) >= 11 is 0. The Hall–Kier alpha value is -0.0400. The lowest BCUT2D eigenvalue weighted by atomic mass is 9.85. The Kier molecular flexibility index (Phi) is 8.11. The van der Waals surface area contributed by atoms with Crippen LogP contribution in [0.3, 0.4) is 0 Å². The van der Waals surface area contributed by atoms with Crippen LogP contribution in [-0.2, 0) is 4.74 Å². The molecule has 0 heterocycles. The Balaban J connectivity index is 0.00000121. The summed E-state index contributed by atoms with van der Waals surface area (Å²) in [6, 6.07) is 0. The molecule has 0 aliphatic heterocycles. The number of ether oxygens (including phenoxy) is 1. The van der Waals surface area contributed by atoms with Crippen LogP contribution in [-0.4, -0.2) is 12.2 Å². The highest BCUT2D eigenvalue weighted by Gasteiger charge is 2.34. The van der Waals surface area contributed by atoms with E-state index in [0.29, 0.717) is 5.41 Å². The predicted molar refractivity (Wildman–Crippen MR) is 77.5 cm³/mol. The van der Waals surface area contributed by atoms with Crippen LogP contribution >= 0.6 is 0 Å². The van der Waals surface area contributed by atoms with Gasteiger partial charge < -0.3 is 4.74 Å². The Morgan fingerprint density at radius 1 is 1.00 bits per heavy atom. The Bertz CT molecular complexity index is 176. The average molecular weight is 242 g/mol. The van der Waals surface area contributed by atoms with Gasteiger partial charge in [0.15, 0.2) is 0 Å². The van der Waals surface area contributed by atoms with Crippen molar-refractivity contribution >= 4 is 0 Å². The molecule has 0 atom stereocenters. The molecule has 0 unspecified atom stereocenters.